The summed E-state index contributed by atoms with van der Waals surface area (Å²) >= 11 is 0. The molecule has 2 fully saturated rings. The molecule has 2 unspecified atom stereocenters. The van der Waals surface area contributed by atoms with Gasteiger partial charge in [0.1, 0.15) is 0 Å². The quantitative estimate of drug-likeness (QED) is 0.790. The lowest BCUT2D eigenvalue weighted by Crippen LogP contribution is -2.52. The molecule has 0 aromatic rings. The van der Waals surface area contributed by atoms with Gasteiger partial charge in [-0.2, -0.15) is 0 Å². The van der Waals surface area contributed by atoms with Gasteiger partial charge in [0.05, 0.1) is 0 Å². The Kier molecular flexibility index (Phi) is 4.66. The van der Waals surface area contributed by atoms with Crippen molar-refractivity contribution in [3.8, 4) is 0 Å². The van der Waals surface area contributed by atoms with Crippen LogP contribution in [-0.4, -0.2) is 36.6 Å². The van der Waals surface area contributed by atoms with Crippen molar-refractivity contribution in [1.82, 2.24) is 10.2 Å². The van der Waals surface area contributed by atoms with Crippen LogP contribution in [0.5, 0.6) is 0 Å². The molecule has 2 rings (SSSR count). The molecule has 2 aliphatic rings. The van der Waals surface area contributed by atoms with Crippen molar-refractivity contribution in [2.45, 2.75) is 57.5 Å². The largest absolute Gasteiger partial charge is 0.312 e. The van der Waals surface area contributed by atoms with Crippen LogP contribution in [-0.2, 0) is 0 Å². The van der Waals surface area contributed by atoms with Gasteiger partial charge < -0.3 is 5.32 Å². The Hall–Kier alpha value is -0.0800. The third kappa shape index (κ3) is 2.98. The van der Waals surface area contributed by atoms with Crippen molar-refractivity contribution in [2.75, 3.05) is 19.6 Å². The summed E-state index contributed by atoms with van der Waals surface area (Å²) in [6, 6.07) is 1.47. The van der Waals surface area contributed by atoms with E-state index in [-0.39, 0.29) is 0 Å². The van der Waals surface area contributed by atoms with Crippen LogP contribution >= 0.6 is 0 Å². The number of hydrogen-bond acceptors (Lipinski definition) is 2. The van der Waals surface area contributed by atoms with Crippen molar-refractivity contribution >= 4 is 0 Å². The van der Waals surface area contributed by atoms with Gasteiger partial charge in [0.25, 0.3) is 0 Å². The van der Waals surface area contributed by atoms with Crippen LogP contribution in [0.1, 0.15) is 45.4 Å². The van der Waals surface area contributed by atoms with E-state index in [2.05, 4.69) is 24.1 Å². The molecule has 2 heterocycles. The van der Waals surface area contributed by atoms with Gasteiger partial charge in [0, 0.05) is 12.1 Å². The Morgan fingerprint density at radius 3 is 2.56 bits per heavy atom. The highest BCUT2D eigenvalue weighted by atomic mass is 15.2. The van der Waals surface area contributed by atoms with Crippen LogP contribution in [0.2, 0.25) is 0 Å². The maximum Gasteiger partial charge on any atom is 0.0221 e. The molecule has 0 bridgehead atoms. The molecule has 0 saturated carbocycles. The zero-order valence-electron chi connectivity index (χ0n) is 10.8. The lowest BCUT2D eigenvalue weighted by molar-refractivity contribution is 0.108. The Labute approximate surface area is 101 Å². The summed E-state index contributed by atoms with van der Waals surface area (Å²) in [7, 11) is 0. The Morgan fingerprint density at radius 1 is 1.25 bits per heavy atom. The number of nitrogens with one attached hydrogen (secondary N) is 1. The minimum Gasteiger partial charge on any atom is -0.312 e. The van der Waals surface area contributed by atoms with Gasteiger partial charge in [-0.1, -0.05) is 19.8 Å². The smallest absolute Gasteiger partial charge is 0.0221 e. The van der Waals surface area contributed by atoms with Crippen molar-refractivity contribution in [2.24, 2.45) is 5.92 Å². The molecule has 2 atom stereocenters. The van der Waals surface area contributed by atoms with Crippen molar-refractivity contribution in [3.63, 3.8) is 0 Å². The Balaban J connectivity index is 1.78. The van der Waals surface area contributed by atoms with Crippen LogP contribution in [0.3, 0.4) is 0 Å². The van der Waals surface area contributed by atoms with Gasteiger partial charge in [-0.25, -0.2) is 0 Å². The van der Waals surface area contributed by atoms with E-state index >= 15 is 0 Å². The molecule has 0 aromatic heterocycles. The summed E-state index contributed by atoms with van der Waals surface area (Å²) in [4.78, 5) is 2.69. The Bertz CT molecular complexity index is 191. The fraction of sp³-hybridized carbons (Fsp3) is 0.929. The van der Waals surface area contributed by atoms with Crippen molar-refractivity contribution in [1.29, 1.82) is 0 Å². The second kappa shape index (κ2) is 6.02. The molecule has 1 radical (unpaired) electrons. The number of rotatable bonds is 3. The first-order valence-electron chi connectivity index (χ1n) is 7.08. The number of nitrogens with zero attached hydrogens (tertiary/aromatic N) is 1. The highest BCUT2D eigenvalue weighted by Crippen LogP contribution is 2.23. The molecular formula is C14H27N2. The van der Waals surface area contributed by atoms with Crippen LogP contribution in [0.25, 0.3) is 0 Å². The maximum atomic E-state index is 4.04. The summed E-state index contributed by atoms with van der Waals surface area (Å²) in [5, 5.41) is 3.69. The summed E-state index contributed by atoms with van der Waals surface area (Å²) in [5.74, 6) is 0.891. The summed E-state index contributed by atoms with van der Waals surface area (Å²) < 4.78 is 0. The predicted octanol–water partition coefficient (Wildman–Crippen LogP) is 2.45. The molecule has 0 aliphatic carbocycles. The van der Waals surface area contributed by atoms with E-state index in [1.807, 2.05) is 0 Å². The fourth-order valence-corrected chi connectivity index (χ4v) is 3.19. The number of hydrogen-bond donors (Lipinski definition) is 1. The third-order valence-corrected chi connectivity index (χ3v) is 4.56. The average Bonchev–Trinajstić information content (AvgIpc) is 2.39. The lowest BCUT2D eigenvalue weighted by atomic mass is 9.91. The third-order valence-electron chi connectivity index (χ3n) is 4.56. The SMILES string of the molecule is [CH2]CC1CCN(C(C)C2CCCCN2)CC1. The molecule has 1 N–H and O–H groups in total. The molecule has 0 aromatic carbocycles. The van der Waals surface area contributed by atoms with Gasteiger partial charge in [-0.05, 0) is 58.2 Å². The van der Waals surface area contributed by atoms with Crippen molar-refractivity contribution < 1.29 is 0 Å². The average molecular weight is 223 g/mol. The van der Waals surface area contributed by atoms with E-state index < -0.39 is 0 Å². The van der Waals surface area contributed by atoms with E-state index in [0.29, 0.717) is 0 Å². The fourth-order valence-electron chi connectivity index (χ4n) is 3.19. The zero-order valence-corrected chi connectivity index (χ0v) is 10.8. The van der Waals surface area contributed by atoms with Gasteiger partial charge in [0.2, 0.25) is 0 Å². The normalized spacial score (nSPS) is 31.5. The molecule has 93 valence electrons. The topological polar surface area (TPSA) is 15.3 Å². The lowest BCUT2D eigenvalue weighted by Gasteiger charge is -2.40. The Morgan fingerprint density at radius 2 is 2.00 bits per heavy atom. The predicted molar refractivity (Wildman–Crippen MR) is 69.4 cm³/mol. The minimum atomic E-state index is 0.728. The van der Waals surface area contributed by atoms with Crippen LogP contribution < -0.4 is 5.32 Å². The molecular weight excluding hydrogens is 196 g/mol. The number of piperidine rings is 2. The molecule has 0 spiro atoms. The van der Waals surface area contributed by atoms with E-state index in [0.717, 1.165) is 24.4 Å². The molecule has 0 amide bonds. The van der Waals surface area contributed by atoms with Crippen molar-refractivity contribution in [3.05, 3.63) is 6.92 Å². The second-order valence-electron chi connectivity index (χ2n) is 5.57. The summed E-state index contributed by atoms with van der Waals surface area (Å²) in [6.45, 7) is 10.3. The monoisotopic (exact) mass is 223 g/mol. The van der Waals surface area contributed by atoms with Crippen LogP contribution in [0.4, 0.5) is 0 Å². The van der Waals surface area contributed by atoms with E-state index in [1.54, 1.807) is 0 Å². The van der Waals surface area contributed by atoms with Crippen LogP contribution in [0.15, 0.2) is 0 Å². The summed E-state index contributed by atoms with van der Waals surface area (Å²) in [6.07, 6.45) is 8.01. The maximum absolute atomic E-state index is 4.04. The van der Waals surface area contributed by atoms with Gasteiger partial charge in [-0.3, -0.25) is 4.90 Å². The van der Waals surface area contributed by atoms with Crippen LogP contribution in [0, 0.1) is 12.8 Å². The number of likely N-dealkylation sites (tertiary alicyclic amines) is 1. The van der Waals surface area contributed by atoms with Gasteiger partial charge in [-0.15, -0.1) is 0 Å². The molecule has 2 aliphatic heterocycles. The molecule has 16 heavy (non-hydrogen) atoms. The van der Waals surface area contributed by atoms with Gasteiger partial charge in [0.15, 0.2) is 0 Å². The first-order valence-corrected chi connectivity index (χ1v) is 7.08. The molecule has 2 saturated heterocycles. The minimum absolute atomic E-state index is 0.728. The van der Waals surface area contributed by atoms with E-state index in [1.165, 1.54) is 51.7 Å². The summed E-state index contributed by atoms with van der Waals surface area (Å²) in [5.41, 5.74) is 0. The first-order chi connectivity index (χ1) is 7.81. The highest BCUT2D eigenvalue weighted by molar-refractivity contribution is 4.86. The molecule has 2 nitrogen and oxygen atoms in total. The zero-order chi connectivity index (χ0) is 11.4. The molecule has 2 heteroatoms. The first kappa shape index (κ1) is 12.4. The second-order valence-corrected chi connectivity index (χ2v) is 5.57. The van der Waals surface area contributed by atoms with E-state index in [4.69, 9.17) is 0 Å². The highest BCUT2D eigenvalue weighted by Gasteiger charge is 2.27. The van der Waals surface area contributed by atoms with Gasteiger partial charge >= 0.3 is 0 Å². The standard InChI is InChI=1S/C14H27N2/c1-3-13-7-10-16(11-8-13)12(2)14-6-4-5-9-15-14/h12-15H,1,3-11H2,2H3. The van der Waals surface area contributed by atoms with E-state index in [9.17, 15) is 0 Å².